The normalized spacial score (nSPS) is 20.7. The van der Waals surface area contributed by atoms with Crippen molar-refractivity contribution in [1.82, 2.24) is 15.2 Å². The number of aromatic nitrogens is 1. The van der Waals surface area contributed by atoms with Crippen molar-refractivity contribution in [2.24, 2.45) is 0 Å². The van der Waals surface area contributed by atoms with Gasteiger partial charge in [0, 0.05) is 50.7 Å². The zero-order valence-corrected chi connectivity index (χ0v) is 12.0. The molecule has 2 fully saturated rings. The van der Waals surface area contributed by atoms with Crippen molar-refractivity contribution < 1.29 is 0 Å². The molecule has 5 nitrogen and oxygen atoms in total. The van der Waals surface area contributed by atoms with Gasteiger partial charge in [-0.2, -0.15) is 0 Å². The van der Waals surface area contributed by atoms with E-state index in [4.69, 9.17) is 0 Å². The molecule has 0 aliphatic carbocycles. The van der Waals surface area contributed by atoms with Crippen LogP contribution in [0, 0.1) is 0 Å². The molecule has 0 saturated carbocycles. The molecule has 21 heavy (non-hydrogen) atoms. The van der Waals surface area contributed by atoms with Crippen LogP contribution in [0.3, 0.4) is 0 Å². The molecule has 2 aliphatic heterocycles. The molecular weight excluding hydrogens is 264 g/mol. The van der Waals surface area contributed by atoms with Gasteiger partial charge in [-0.1, -0.05) is 18.2 Å². The lowest BCUT2D eigenvalue weighted by molar-refractivity contribution is 0.147. The van der Waals surface area contributed by atoms with Gasteiger partial charge in [0.15, 0.2) is 0 Å². The van der Waals surface area contributed by atoms with Crippen molar-refractivity contribution in [2.75, 3.05) is 44.2 Å². The van der Waals surface area contributed by atoms with E-state index in [1.165, 1.54) is 0 Å². The molecule has 3 heterocycles. The number of piperazine rings is 1. The fraction of sp³-hybridized carbons (Fsp3) is 0.438. The highest BCUT2D eigenvalue weighted by atomic mass is 16.1. The van der Waals surface area contributed by atoms with Gasteiger partial charge >= 0.3 is 0 Å². The van der Waals surface area contributed by atoms with Crippen molar-refractivity contribution in [3.8, 4) is 0 Å². The molecule has 110 valence electrons. The summed E-state index contributed by atoms with van der Waals surface area (Å²) in [7, 11) is 0. The minimum atomic E-state index is 0.00808. The number of aromatic amines is 1. The second-order valence-electron chi connectivity index (χ2n) is 5.92. The Bertz CT molecular complexity index is 699. The maximum atomic E-state index is 12.1. The Morgan fingerprint density at radius 3 is 2.67 bits per heavy atom. The van der Waals surface area contributed by atoms with Crippen molar-refractivity contribution in [3.05, 3.63) is 40.7 Å². The molecule has 2 aromatic rings. The highest BCUT2D eigenvalue weighted by Gasteiger charge is 2.32. The molecule has 4 rings (SSSR count). The summed E-state index contributed by atoms with van der Waals surface area (Å²) in [6.45, 7) is 6.45. The third-order valence-electron chi connectivity index (χ3n) is 4.61. The lowest BCUT2D eigenvalue weighted by atomic mass is 10.1. The number of hydrogen-bond acceptors (Lipinski definition) is 4. The minimum absolute atomic E-state index is 0.00808. The van der Waals surface area contributed by atoms with E-state index in [1.54, 1.807) is 0 Å². The lowest BCUT2D eigenvalue weighted by Gasteiger charge is -2.47. The number of pyridine rings is 1. The van der Waals surface area contributed by atoms with Crippen LogP contribution in [0.1, 0.15) is 0 Å². The molecule has 0 radical (unpaired) electrons. The quantitative estimate of drug-likeness (QED) is 0.849. The minimum Gasteiger partial charge on any atom is -0.355 e. The predicted molar refractivity (Wildman–Crippen MR) is 85.0 cm³/mol. The molecule has 2 N–H and O–H groups in total. The van der Waals surface area contributed by atoms with Gasteiger partial charge in [0.05, 0.1) is 0 Å². The summed E-state index contributed by atoms with van der Waals surface area (Å²) >= 11 is 0. The first-order chi connectivity index (χ1) is 10.3. The van der Waals surface area contributed by atoms with E-state index in [2.05, 4.69) is 26.2 Å². The van der Waals surface area contributed by atoms with Crippen LogP contribution in [0.5, 0.6) is 0 Å². The van der Waals surface area contributed by atoms with E-state index < -0.39 is 0 Å². The average molecular weight is 284 g/mol. The van der Waals surface area contributed by atoms with Gasteiger partial charge in [-0.3, -0.25) is 9.69 Å². The number of benzene rings is 1. The summed E-state index contributed by atoms with van der Waals surface area (Å²) < 4.78 is 0. The van der Waals surface area contributed by atoms with Crippen molar-refractivity contribution >= 4 is 16.6 Å². The van der Waals surface area contributed by atoms with Crippen LogP contribution in [-0.4, -0.2) is 55.2 Å². The standard InChI is InChI=1S/C16H20N4O/c21-16-14-4-2-1-3-12(14)9-15(18-16)20-10-13(11-20)19-7-5-17-6-8-19/h1-4,9,13,17H,5-8,10-11H2,(H,18,21). The SMILES string of the molecule is O=c1[nH]c(N2CC(N3CCNCC3)C2)cc2ccccc12. The molecule has 5 heteroatoms. The molecule has 0 atom stereocenters. The largest absolute Gasteiger partial charge is 0.355 e. The van der Waals surface area contributed by atoms with Gasteiger partial charge in [-0.15, -0.1) is 0 Å². The van der Waals surface area contributed by atoms with Crippen molar-refractivity contribution in [2.45, 2.75) is 6.04 Å². The third-order valence-corrected chi connectivity index (χ3v) is 4.61. The average Bonchev–Trinajstić information content (AvgIpc) is 2.47. The maximum absolute atomic E-state index is 12.1. The van der Waals surface area contributed by atoms with E-state index in [0.29, 0.717) is 6.04 Å². The Hall–Kier alpha value is -1.85. The zero-order chi connectivity index (χ0) is 14.2. The number of anilines is 1. The Kier molecular flexibility index (Phi) is 3.16. The molecular formula is C16H20N4O. The predicted octanol–water partition coefficient (Wildman–Crippen LogP) is 0.622. The van der Waals surface area contributed by atoms with Gasteiger partial charge in [0.2, 0.25) is 0 Å². The molecule has 0 unspecified atom stereocenters. The molecule has 2 saturated heterocycles. The van der Waals surface area contributed by atoms with Crippen LogP contribution in [0.25, 0.3) is 10.8 Å². The first-order valence-electron chi connectivity index (χ1n) is 7.63. The Balaban J connectivity index is 1.52. The number of nitrogens with one attached hydrogen (secondary N) is 2. The van der Waals surface area contributed by atoms with E-state index >= 15 is 0 Å². The molecule has 1 aromatic carbocycles. The van der Waals surface area contributed by atoms with Crippen molar-refractivity contribution in [3.63, 3.8) is 0 Å². The van der Waals surface area contributed by atoms with E-state index in [-0.39, 0.29) is 5.56 Å². The Labute approximate surface area is 123 Å². The summed E-state index contributed by atoms with van der Waals surface area (Å²) in [5, 5.41) is 5.17. The van der Waals surface area contributed by atoms with Gasteiger partial charge in [-0.05, 0) is 17.5 Å². The summed E-state index contributed by atoms with van der Waals surface area (Å²) in [6.07, 6.45) is 0. The van der Waals surface area contributed by atoms with E-state index in [9.17, 15) is 4.79 Å². The molecule has 2 aliphatic rings. The number of rotatable bonds is 2. The second kappa shape index (κ2) is 5.16. The first-order valence-corrected chi connectivity index (χ1v) is 7.63. The van der Waals surface area contributed by atoms with Gasteiger partial charge in [0.1, 0.15) is 5.82 Å². The zero-order valence-electron chi connectivity index (χ0n) is 12.0. The second-order valence-corrected chi connectivity index (χ2v) is 5.92. The summed E-state index contributed by atoms with van der Waals surface area (Å²) in [4.78, 5) is 20.0. The summed E-state index contributed by atoms with van der Waals surface area (Å²) in [6, 6.07) is 10.5. The fourth-order valence-electron chi connectivity index (χ4n) is 3.30. The maximum Gasteiger partial charge on any atom is 0.257 e. The van der Waals surface area contributed by atoms with E-state index in [1.807, 2.05) is 24.3 Å². The van der Waals surface area contributed by atoms with Crippen LogP contribution in [-0.2, 0) is 0 Å². The molecule has 0 bridgehead atoms. The number of hydrogen-bond donors (Lipinski definition) is 2. The van der Waals surface area contributed by atoms with Crippen LogP contribution >= 0.6 is 0 Å². The topological polar surface area (TPSA) is 51.4 Å². The Morgan fingerprint density at radius 2 is 1.86 bits per heavy atom. The van der Waals surface area contributed by atoms with Gasteiger partial charge < -0.3 is 15.2 Å². The Morgan fingerprint density at radius 1 is 1.10 bits per heavy atom. The molecule has 0 amide bonds. The van der Waals surface area contributed by atoms with Crippen LogP contribution in [0.2, 0.25) is 0 Å². The number of nitrogens with zero attached hydrogens (tertiary/aromatic N) is 2. The summed E-state index contributed by atoms with van der Waals surface area (Å²) in [5.41, 5.74) is 0.00808. The third kappa shape index (κ3) is 2.32. The highest BCUT2D eigenvalue weighted by Crippen LogP contribution is 2.23. The highest BCUT2D eigenvalue weighted by molar-refractivity contribution is 5.83. The van der Waals surface area contributed by atoms with Gasteiger partial charge in [0.25, 0.3) is 5.56 Å². The van der Waals surface area contributed by atoms with E-state index in [0.717, 1.165) is 55.9 Å². The monoisotopic (exact) mass is 284 g/mol. The summed E-state index contributed by atoms with van der Waals surface area (Å²) in [5.74, 6) is 0.949. The molecule has 1 aromatic heterocycles. The first kappa shape index (κ1) is 12.9. The molecule has 0 spiro atoms. The van der Waals surface area contributed by atoms with Crippen molar-refractivity contribution in [1.29, 1.82) is 0 Å². The van der Waals surface area contributed by atoms with Crippen LogP contribution < -0.4 is 15.8 Å². The van der Waals surface area contributed by atoms with Crippen LogP contribution in [0.4, 0.5) is 5.82 Å². The number of fused-ring (bicyclic) bond motifs is 1. The number of H-pyrrole nitrogens is 1. The smallest absolute Gasteiger partial charge is 0.257 e. The fourth-order valence-corrected chi connectivity index (χ4v) is 3.30. The van der Waals surface area contributed by atoms with Gasteiger partial charge in [-0.25, -0.2) is 0 Å². The lowest BCUT2D eigenvalue weighted by Crippen LogP contribution is -2.63. The van der Waals surface area contributed by atoms with Crippen LogP contribution in [0.15, 0.2) is 35.1 Å².